The molecule has 2 aromatic carbocycles. The molecular formula is C20H22N2O3. The van der Waals surface area contributed by atoms with Crippen LogP contribution in [-0.4, -0.2) is 22.6 Å². The number of benzene rings is 2. The molecule has 1 saturated heterocycles. The number of aromatic nitrogens is 1. The van der Waals surface area contributed by atoms with Crippen LogP contribution in [0, 0.1) is 0 Å². The summed E-state index contributed by atoms with van der Waals surface area (Å²) in [7, 11) is 0. The number of likely N-dealkylation sites (tertiary alicyclic amines) is 1. The van der Waals surface area contributed by atoms with Crippen LogP contribution in [0.15, 0.2) is 57.7 Å². The summed E-state index contributed by atoms with van der Waals surface area (Å²) in [4.78, 5) is 14.6. The molecule has 25 heavy (non-hydrogen) atoms. The fourth-order valence-corrected chi connectivity index (χ4v) is 3.66. The van der Waals surface area contributed by atoms with Crippen molar-refractivity contribution in [3.05, 3.63) is 64.6 Å². The van der Waals surface area contributed by atoms with Crippen LogP contribution in [0.25, 0.3) is 11.1 Å². The maximum absolute atomic E-state index is 12.2. The van der Waals surface area contributed by atoms with E-state index in [4.69, 9.17) is 9.15 Å². The maximum atomic E-state index is 12.2. The second kappa shape index (κ2) is 6.76. The molecule has 4 rings (SSSR count). The Hall–Kier alpha value is -2.53. The zero-order valence-electron chi connectivity index (χ0n) is 14.4. The molecule has 0 radical (unpaired) electrons. The first kappa shape index (κ1) is 16.0. The highest BCUT2D eigenvalue weighted by molar-refractivity contribution is 5.72. The predicted octanol–water partition coefficient (Wildman–Crippen LogP) is 3.79. The Bertz CT molecular complexity index is 911. The monoisotopic (exact) mass is 338 g/mol. The van der Waals surface area contributed by atoms with Gasteiger partial charge in [-0.1, -0.05) is 24.3 Å². The van der Waals surface area contributed by atoms with Crippen molar-refractivity contribution < 1.29 is 9.15 Å². The van der Waals surface area contributed by atoms with Gasteiger partial charge in [0.1, 0.15) is 5.75 Å². The average Bonchev–Trinajstić information content (AvgIpc) is 3.21. The summed E-state index contributed by atoms with van der Waals surface area (Å²) in [6, 6.07) is 16.2. The number of hydrogen-bond acceptors (Lipinski definition) is 4. The largest absolute Gasteiger partial charge is 0.494 e. The van der Waals surface area contributed by atoms with Gasteiger partial charge in [-0.15, -0.1) is 0 Å². The third-order valence-electron chi connectivity index (χ3n) is 4.84. The minimum atomic E-state index is -0.293. The van der Waals surface area contributed by atoms with E-state index in [1.807, 2.05) is 43.3 Å². The summed E-state index contributed by atoms with van der Waals surface area (Å²) in [6.07, 6.45) is 2.22. The van der Waals surface area contributed by atoms with Crippen LogP contribution in [0.3, 0.4) is 0 Å². The standard InChI is InChI=1S/C20H22N2O3/c1-2-24-16-11-9-15(10-12-16)17-7-5-13-21(17)14-22-18-6-3-4-8-19(18)25-20(22)23/h3-4,6,8-12,17H,2,5,7,13-14H2,1H3/t17-/m0/s1. The number of fused-ring (bicyclic) bond motifs is 1. The van der Waals surface area contributed by atoms with Crippen molar-refractivity contribution in [1.29, 1.82) is 0 Å². The van der Waals surface area contributed by atoms with Gasteiger partial charge in [0, 0.05) is 12.6 Å². The van der Waals surface area contributed by atoms with Gasteiger partial charge in [-0.2, -0.15) is 0 Å². The van der Waals surface area contributed by atoms with Gasteiger partial charge >= 0.3 is 5.76 Å². The van der Waals surface area contributed by atoms with E-state index in [0.29, 0.717) is 24.9 Å². The number of para-hydroxylation sites is 2. The maximum Gasteiger partial charge on any atom is 0.421 e. The molecule has 0 bridgehead atoms. The zero-order valence-corrected chi connectivity index (χ0v) is 14.4. The molecule has 3 aromatic rings. The second-order valence-electron chi connectivity index (χ2n) is 6.38. The second-order valence-corrected chi connectivity index (χ2v) is 6.38. The highest BCUT2D eigenvalue weighted by Crippen LogP contribution is 2.33. The Morgan fingerprint density at radius 3 is 2.76 bits per heavy atom. The minimum Gasteiger partial charge on any atom is -0.494 e. The van der Waals surface area contributed by atoms with Gasteiger partial charge in [-0.3, -0.25) is 9.47 Å². The quantitative estimate of drug-likeness (QED) is 0.710. The number of hydrogen-bond donors (Lipinski definition) is 0. The van der Waals surface area contributed by atoms with Gasteiger partial charge in [-0.25, -0.2) is 4.79 Å². The van der Waals surface area contributed by atoms with Crippen LogP contribution >= 0.6 is 0 Å². The number of rotatable bonds is 5. The van der Waals surface area contributed by atoms with Crippen molar-refractivity contribution in [1.82, 2.24) is 9.47 Å². The molecule has 1 atom stereocenters. The van der Waals surface area contributed by atoms with Crippen LogP contribution in [-0.2, 0) is 6.67 Å². The summed E-state index contributed by atoms with van der Waals surface area (Å²) in [5, 5.41) is 0. The lowest BCUT2D eigenvalue weighted by molar-refractivity contribution is 0.198. The first-order valence-electron chi connectivity index (χ1n) is 8.81. The van der Waals surface area contributed by atoms with Crippen molar-refractivity contribution in [3.8, 4) is 5.75 Å². The van der Waals surface area contributed by atoms with Gasteiger partial charge in [0.25, 0.3) is 0 Å². The molecule has 1 fully saturated rings. The normalized spacial score (nSPS) is 18.0. The van der Waals surface area contributed by atoms with E-state index in [1.54, 1.807) is 4.57 Å². The topological polar surface area (TPSA) is 47.6 Å². The third kappa shape index (κ3) is 3.07. The molecule has 2 heterocycles. The van der Waals surface area contributed by atoms with E-state index in [-0.39, 0.29) is 5.76 Å². The molecule has 130 valence electrons. The Morgan fingerprint density at radius 2 is 1.96 bits per heavy atom. The Labute approximate surface area is 146 Å². The highest BCUT2D eigenvalue weighted by atomic mass is 16.5. The lowest BCUT2D eigenvalue weighted by atomic mass is 10.0. The average molecular weight is 338 g/mol. The summed E-state index contributed by atoms with van der Waals surface area (Å²) in [5.41, 5.74) is 2.76. The molecule has 0 N–H and O–H groups in total. The molecule has 0 aliphatic carbocycles. The fourth-order valence-electron chi connectivity index (χ4n) is 3.66. The van der Waals surface area contributed by atoms with E-state index >= 15 is 0 Å². The SMILES string of the molecule is CCOc1ccc([C@@H]2CCCN2Cn2c(=O)oc3ccccc32)cc1. The van der Waals surface area contributed by atoms with Gasteiger partial charge in [0.05, 0.1) is 18.8 Å². The molecule has 5 heteroatoms. The van der Waals surface area contributed by atoms with Crippen LogP contribution in [0.5, 0.6) is 5.75 Å². The molecule has 1 aliphatic heterocycles. The first-order chi connectivity index (χ1) is 12.3. The van der Waals surface area contributed by atoms with Crippen molar-refractivity contribution in [2.24, 2.45) is 0 Å². The lowest BCUT2D eigenvalue weighted by Gasteiger charge is -2.25. The predicted molar refractivity (Wildman–Crippen MR) is 96.8 cm³/mol. The summed E-state index contributed by atoms with van der Waals surface area (Å²) in [6.45, 7) is 4.18. The fraction of sp³-hybridized carbons (Fsp3) is 0.350. The van der Waals surface area contributed by atoms with E-state index in [0.717, 1.165) is 30.7 Å². The zero-order chi connectivity index (χ0) is 17.2. The number of nitrogens with zero attached hydrogens (tertiary/aromatic N) is 2. The van der Waals surface area contributed by atoms with Crippen LogP contribution in [0.1, 0.15) is 31.4 Å². The summed E-state index contributed by atoms with van der Waals surface area (Å²) in [5.74, 6) is 0.603. The third-order valence-corrected chi connectivity index (χ3v) is 4.84. The molecule has 0 amide bonds. The number of oxazole rings is 1. The van der Waals surface area contributed by atoms with Crippen LogP contribution in [0.2, 0.25) is 0 Å². The lowest BCUT2D eigenvalue weighted by Crippen LogP contribution is -2.30. The van der Waals surface area contributed by atoms with Gasteiger partial charge in [-0.05, 0) is 49.6 Å². The van der Waals surface area contributed by atoms with Crippen molar-refractivity contribution in [3.63, 3.8) is 0 Å². The van der Waals surface area contributed by atoms with E-state index in [9.17, 15) is 4.79 Å². The molecular weight excluding hydrogens is 316 g/mol. The molecule has 0 unspecified atom stereocenters. The summed E-state index contributed by atoms with van der Waals surface area (Å²) >= 11 is 0. The Kier molecular flexibility index (Phi) is 4.32. The van der Waals surface area contributed by atoms with Crippen molar-refractivity contribution in [2.45, 2.75) is 32.5 Å². The first-order valence-corrected chi connectivity index (χ1v) is 8.81. The van der Waals surface area contributed by atoms with Crippen molar-refractivity contribution >= 4 is 11.1 Å². The van der Waals surface area contributed by atoms with Gasteiger partial charge in [0.2, 0.25) is 0 Å². The molecule has 1 aromatic heterocycles. The van der Waals surface area contributed by atoms with Gasteiger partial charge < -0.3 is 9.15 Å². The Morgan fingerprint density at radius 1 is 1.16 bits per heavy atom. The molecule has 5 nitrogen and oxygen atoms in total. The molecule has 0 spiro atoms. The van der Waals surface area contributed by atoms with E-state index < -0.39 is 0 Å². The Balaban J connectivity index is 1.59. The van der Waals surface area contributed by atoms with E-state index in [1.165, 1.54) is 5.56 Å². The number of ether oxygens (including phenoxy) is 1. The highest BCUT2D eigenvalue weighted by Gasteiger charge is 2.27. The smallest absolute Gasteiger partial charge is 0.421 e. The van der Waals surface area contributed by atoms with Crippen LogP contribution < -0.4 is 10.5 Å². The van der Waals surface area contributed by atoms with Gasteiger partial charge in [0.15, 0.2) is 5.58 Å². The minimum absolute atomic E-state index is 0.293. The van der Waals surface area contributed by atoms with Crippen molar-refractivity contribution in [2.75, 3.05) is 13.2 Å². The van der Waals surface area contributed by atoms with E-state index in [2.05, 4.69) is 17.0 Å². The van der Waals surface area contributed by atoms with Crippen LogP contribution in [0.4, 0.5) is 0 Å². The molecule has 0 saturated carbocycles. The molecule has 1 aliphatic rings. The summed E-state index contributed by atoms with van der Waals surface area (Å²) < 4.78 is 12.6.